The first-order valence-electron chi connectivity index (χ1n) is 15.2. The number of aromatic nitrogens is 2. The summed E-state index contributed by atoms with van der Waals surface area (Å²) < 4.78 is 8.33. The number of ether oxygens (including phenoxy) is 1. The zero-order valence-corrected chi connectivity index (χ0v) is 26.7. The van der Waals surface area contributed by atoms with Crippen LogP contribution in [0.2, 0.25) is 0 Å². The van der Waals surface area contributed by atoms with Crippen molar-refractivity contribution in [1.82, 2.24) is 14.7 Å². The first-order valence-corrected chi connectivity index (χ1v) is 16.5. The number of nitrogens with zero attached hydrogens (tertiary/aromatic N) is 3. The zero-order chi connectivity index (χ0) is 30.6. The highest BCUT2D eigenvalue weighted by atomic mass is 32.2. The lowest BCUT2D eigenvalue weighted by Gasteiger charge is -2.14. The van der Waals surface area contributed by atoms with Crippen molar-refractivity contribution in [2.24, 2.45) is 0 Å². The van der Waals surface area contributed by atoms with Crippen LogP contribution < -0.4 is 4.74 Å². The van der Waals surface area contributed by atoms with Crippen molar-refractivity contribution in [3.05, 3.63) is 70.8 Å². The van der Waals surface area contributed by atoms with Gasteiger partial charge in [-0.1, -0.05) is 87.6 Å². The number of carbonyl (C=O) groups is 2. The minimum atomic E-state index is -0.716. The fraction of sp³-hybridized carbons (Fsp3) is 0.412. The number of thioether (sulfide) groups is 1. The Kier molecular flexibility index (Phi) is 12.4. The van der Waals surface area contributed by atoms with Crippen molar-refractivity contribution < 1.29 is 19.4 Å². The number of thiocarbonyl (C=S) groups is 1. The fourth-order valence-electron chi connectivity index (χ4n) is 5.04. The number of carbonyl (C=O) groups excluding carboxylic acids is 1. The van der Waals surface area contributed by atoms with Crippen molar-refractivity contribution >= 4 is 46.3 Å². The van der Waals surface area contributed by atoms with Gasteiger partial charge in [0.15, 0.2) is 0 Å². The van der Waals surface area contributed by atoms with Crippen LogP contribution in [0.4, 0.5) is 0 Å². The van der Waals surface area contributed by atoms with Crippen molar-refractivity contribution in [2.75, 3.05) is 13.2 Å². The van der Waals surface area contributed by atoms with E-state index >= 15 is 0 Å². The average molecular weight is 620 g/mol. The summed E-state index contributed by atoms with van der Waals surface area (Å²) in [6.45, 7) is 5.42. The fourth-order valence-corrected chi connectivity index (χ4v) is 6.34. The number of amides is 1. The molecule has 1 saturated heterocycles. The van der Waals surface area contributed by atoms with Gasteiger partial charge in [-0.2, -0.15) is 5.10 Å². The number of rotatable bonds is 17. The molecule has 228 valence electrons. The third-order valence-corrected chi connectivity index (χ3v) is 8.73. The van der Waals surface area contributed by atoms with E-state index in [1.807, 2.05) is 66.3 Å². The normalized spacial score (nSPS) is 14.2. The molecule has 0 spiro atoms. The highest BCUT2D eigenvalue weighted by molar-refractivity contribution is 8.26. The molecule has 0 saturated carbocycles. The van der Waals surface area contributed by atoms with Crippen LogP contribution >= 0.6 is 24.0 Å². The van der Waals surface area contributed by atoms with E-state index in [2.05, 4.69) is 13.0 Å². The maximum absolute atomic E-state index is 13.4. The number of hydrogen-bond donors (Lipinski definition) is 1. The second-order valence-electron chi connectivity index (χ2n) is 10.8. The minimum absolute atomic E-state index is 0.0497. The topological polar surface area (TPSA) is 84.7 Å². The molecule has 0 radical (unpaired) electrons. The standard InChI is InChI=1S/C34H41N3O4S2/c1-3-21-41-29-19-18-26(22-25(29)2)32-27(24-37(35-32)28-15-11-10-12-16-28)23-30-33(40)36(34(42)43-30)20-14-9-7-5-4-6-8-13-17-31(38)39/h10-12,15-16,18-19,22-24H,3-9,13-14,17,20-21H2,1-2H3,(H,38,39)/b30-23-. The largest absolute Gasteiger partial charge is 0.493 e. The maximum atomic E-state index is 13.4. The Morgan fingerprint density at radius 2 is 1.72 bits per heavy atom. The van der Waals surface area contributed by atoms with Gasteiger partial charge in [0.25, 0.3) is 5.91 Å². The third-order valence-electron chi connectivity index (χ3n) is 7.36. The quantitative estimate of drug-likeness (QED) is 0.0922. The monoisotopic (exact) mass is 619 g/mol. The molecule has 0 bridgehead atoms. The van der Waals surface area contributed by atoms with Gasteiger partial charge in [-0.15, -0.1) is 0 Å². The molecule has 3 aromatic rings. The zero-order valence-electron chi connectivity index (χ0n) is 25.1. The summed E-state index contributed by atoms with van der Waals surface area (Å²) in [6.07, 6.45) is 13.2. The Bertz CT molecular complexity index is 1430. The van der Waals surface area contributed by atoms with Crippen LogP contribution in [0.15, 0.2) is 59.6 Å². The van der Waals surface area contributed by atoms with Crippen LogP contribution in [0.25, 0.3) is 23.0 Å². The SMILES string of the molecule is CCCOc1ccc(-c2nn(-c3ccccc3)cc2/C=C2\SC(=S)N(CCCCCCCCCCC(=O)O)C2=O)cc1C. The second kappa shape index (κ2) is 16.4. The van der Waals surface area contributed by atoms with Gasteiger partial charge in [0.05, 0.1) is 17.2 Å². The first-order chi connectivity index (χ1) is 20.9. The lowest BCUT2D eigenvalue weighted by molar-refractivity contribution is -0.137. The Labute approximate surface area is 264 Å². The number of aryl methyl sites for hydroxylation is 1. The maximum Gasteiger partial charge on any atom is 0.303 e. The molecule has 43 heavy (non-hydrogen) atoms. The summed E-state index contributed by atoms with van der Waals surface area (Å²) in [5, 5.41) is 13.7. The molecule has 1 amide bonds. The van der Waals surface area contributed by atoms with Gasteiger partial charge in [-0.3, -0.25) is 14.5 Å². The number of para-hydroxylation sites is 1. The number of benzene rings is 2. The Hall–Kier alpha value is -3.43. The van der Waals surface area contributed by atoms with Crippen LogP contribution in [0, 0.1) is 6.92 Å². The highest BCUT2D eigenvalue weighted by Gasteiger charge is 2.32. The van der Waals surface area contributed by atoms with Crippen LogP contribution in [0.5, 0.6) is 5.75 Å². The van der Waals surface area contributed by atoms with Crippen molar-refractivity contribution in [1.29, 1.82) is 0 Å². The summed E-state index contributed by atoms with van der Waals surface area (Å²) in [5.74, 6) is 0.101. The number of unbranched alkanes of at least 4 members (excludes halogenated alkanes) is 7. The summed E-state index contributed by atoms with van der Waals surface area (Å²) in [6, 6.07) is 16.0. The molecule has 0 aliphatic carbocycles. The van der Waals surface area contributed by atoms with E-state index in [0.29, 0.717) is 22.4 Å². The van der Waals surface area contributed by atoms with E-state index in [-0.39, 0.29) is 12.3 Å². The van der Waals surface area contributed by atoms with Crippen LogP contribution in [-0.2, 0) is 9.59 Å². The molecular weight excluding hydrogens is 579 g/mol. The summed E-state index contributed by atoms with van der Waals surface area (Å²) >= 11 is 6.97. The predicted octanol–water partition coefficient (Wildman–Crippen LogP) is 8.43. The van der Waals surface area contributed by atoms with Gasteiger partial charge in [0, 0.05) is 30.3 Å². The molecule has 1 aliphatic heterocycles. The molecule has 2 heterocycles. The average Bonchev–Trinajstić information content (AvgIpc) is 3.53. The van der Waals surface area contributed by atoms with Crippen molar-refractivity contribution in [3.63, 3.8) is 0 Å². The molecule has 7 nitrogen and oxygen atoms in total. The van der Waals surface area contributed by atoms with E-state index in [1.54, 1.807) is 4.90 Å². The van der Waals surface area contributed by atoms with Gasteiger partial charge in [0.2, 0.25) is 0 Å². The van der Waals surface area contributed by atoms with Crippen molar-refractivity contribution in [3.8, 4) is 22.7 Å². The van der Waals surface area contributed by atoms with Crippen molar-refractivity contribution in [2.45, 2.75) is 78.1 Å². The minimum Gasteiger partial charge on any atom is -0.493 e. The Balaban J connectivity index is 1.42. The lowest BCUT2D eigenvalue weighted by Crippen LogP contribution is -2.29. The highest BCUT2D eigenvalue weighted by Crippen LogP contribution is 2.36. The molecule has 1 fully saturated rings. The van der Waals surface area contributed by atoms with Crippen LogP contribution in [0.1, 0.15) is 82.3 Å². The van der Waals surface area contributed by atoms with E-state index in [9.17, 15) is 9.59 Å². The van der Waals surface area contributed by atoms with E-state index < -0.39 is 5.97 Å². The van der Waals surface area contributed by atoms with Crippen LogP contribution in [-0.4, -0.2) is 49.1 Å². The molecule has 1 aromatic heterocycles. The predicted molar refractivity (Wildman–Crippen MR) is 179 cm³/mol. The molecule has 2 aromatic carbocycles. The molecular formula is C34H41N3O4S2. The van der Waals surface area contributed by atoms with Gasteiger partial charge < -0.3 is 9.84 Å². The summed E-state index contributed by atoms with van der Waals surface area (Å²) in [7, 11) is 0. The van der Waals surface area contributed by atoms with E-state index in [4.69, 9.17) is 27.2 Å². The van der Waals surface area contributed by atoms with Gasteiger partial charge in [-0.25, -0.2) is 4.68 Å². The molecule has 0 unspecified atom stereocenters. The van der Waals surface area contributed by atoms with Crippen LogP contribution in [0.3, 0.4) is 0 Å². The molecule has 4 rings (SSSR count). The van der Waals surface area contributed by atoms with Gasteiger partial charge >= 0.3 is 5.97 Å². The molecule has 1 aliphatic rings. The number of aliphatic carboxylic acids is 1. The number of carboxylic acids is 1. The molecule has 0 atom stereocenters. The summed E-state index contributed by atoms with van der Waals surface area (Å²) in [5.41, 5.74) is 4.59. The first kappa shape index (κ1) is 32.5. The number of carboxylic acid groups (broad SMARTS) is 1. The lowest BCUT2D eigenvalue weighted by atomic mass is 10.0. The Morgan fingerprint density at radius 1 is 1.02 bits per heavy atom. The Morgan fingerprint density at radius 3 is 2.40 bits per heavy atom. The third kappa shape index (κ3) is 9.28. The second-order valence-corrected chi connectivity index (χ2v) is 12.5. The number of hydrogen-bond acceptors (Lipinski definition) is 6. The van der Waals surface area contributed by atoms with E-state index in [0.717, 1.165) is 91.6 Å². The van der Waals surface area contributed by atoms with Gasteiger partial charge in [-0.05, 0) is 68.2 Å². The molecule has 1 N–H and O–H groups in total. The smallest absolute Gasteiger partial charge is 0.303 e. The van der Waals surface area contributed by atoms with E-state index in [1.165, 1.54) is 11.8 Å². The summed E-state index contributed by atoms with van der Waals surface area (Å²) in [4.78, 5) is 26.4. The molecule has 9 heteroatoms. The van der Waals surface area contributed by atoms with Gasteiger partial charge in [0.1, 0.15) is 15.8 Å².